The summed E-state index contributed by atoms with van der Waals surface area (Å²) in [4.78, 5) is 16.5. The van der Waals surface area contributed by atoms with Gasteiger partial charge in [-0.25, -0.2) is 0 Å². The lowest BCUT2D eigenvalue weighted by molar-refractivity contribution is -0.133. The maximum Gasteiger partial charge on any atom is 0.244 e. The van der Waals surface area contributed by atoms with E-state index >= 15 is 0 Å². The number of hydrogen-bond donors (Lipinski definition) is 1. The molecule has 3 nitrogen and oxygen atoms in total. The average molecular weight is 322 g/mol. The van der Waals surface area contributed by atoms with Crippen LogP contribution in [0, 0.1) is 0 Å². The Bertz CT molecular complexity index is 504. The van der Waals surface area contributed by atoms with Gasteiger partial charge in [0.15, 0.2) is 0 Å². The molecule has 3 fully saturated rings. The SMILES string of the molecule is O=C1N(CC2CCCS2)C(c2cccs2)NC12CCCC2. The largest absolute Gasteiger partial charge is 0.319 e. The predicted octanol–water partition coefficient (Wildman–Crippen LogP) is 3.39. The summed E-state index contributed by atoms with van der Waals surface area (Å²) in [5, 5.41) is 6.47. The Morgan fingerprint density at radius 3 is 2.86 bits per heavy atom. The number of carbonyl (C=O) groups excluding carboxylic acids is 1. The lowest BCUT2D eigenvalue weighted by atomic mass is 9.98. The first-order valence-electron chi connectivity index (χ1n) is 8.02. The van der Waals surface area contributed by atoms with E-state index in [1.807, 2.05) is 11.8 Å². The molecule has 2 unspecified atom stereocenters. The molecule has 4 rings (SSSR count). The Morgan fingerprint density at radius 1 is 1.33 bits per heavy atom. The van der Waals surface area contributed by atoms with Crippen LogP contribution in [0.15, 0.2) is 17.5 Å². The van der Waals surface area contributed by atoms with E-state index in [1.54, 1.807) is 11.3 Å². The first kappa shape index (κ1) is 14.1. The van der Waals surface area contributed by atoms with Gasteiger partial charge in [0.05, 0.1) is 5.54 Å². The van der Waals surface area contributed by atoms with Gasteiger partial charge in [0, 0.05) is 16.7 Å². The van der Waals surface area contributed by atoms with Crippen LogP contribution in [0.1, 0.15) is 49.6 Å². The van der Waals surface area contributed by atoms with Gasteiger partial charge in [-0.2, -0.15) is 11.8 Å². The number of hydrogen-bond acceptors (Lipinski definition) is 4. The zero-order valence-electron chi connectivity index (χ0n) is 12.2. The summed E-state index contributed by atoms with van der Waals surface area (Å²) in [6.45, 7) is 0.917. The molecular formula is C16H22N2OS2. The number of nitrogens with zero attached hydrogens (tertiary/aromatic N) is 1. The van der Waals surface area contributed by atoms with Crippen molar-refractivity contribution in [3.63, 3.8) is 0 Å². The monoisotopic (exact) mass is 322 g/mol. The smallest absolute Gasteiger partial charge is 0.244 e. The van der Waals surface area contributed by atoms with Crippen LogP contribution >= 0.6 is 23.1 Å². The minimum Gasteiger partial charge on any atom is -0.319 e. The Balaban J connectivity index is 1.61. The molecule has 0 bridgehead atoms. The van der Waals surface area contributed by atoms with E-state index in [4.69, 9.17) is 0 Å². The van der Waals surface area contributed by atoms with Crippen molar-refractivity contribution in [2.75, 3.05) is 12.3 Å². The lowest BCUT2D eigenvalue weighted by Crippen LogP contribution is -2.44. The van der Waals surface area contributed by atoms with Crippen LogP contribution in [-0.2, 0) is 4.79 Å². The second kappa shape index (κ2) is 5.60. The highest BCUT2D eigenvalue weighted by Crippen LogP contribution is 2.42. The van der Waals surface area contributed by atoms with Crippen LogP contribution in [0.2, 0.25) is 0 Å². The molecule has 0 aromatic carbocycles. The van der Waals surface area contributed by atoms with Crippen molar-refractivity contribution in [1.29, 1.82) is 0 Å². The predicted molar refractivity (Wildman–Crippen MR) is 88.6 cm³/mol. The van der Waals surface area contributed by atoms with E-state index in [-0.39, 0.29) is 11.7 Å². The summed E-state index contributed by atoms with van der Waals surface area (Å²) in [6, 6.07) is 4.26. The molecule has 1 amide bonds. The molecule has 2 saturated heterocycles. The van der Waals surface area contributed by atoms with Gasteiger partial charge in [-0.05, 0) is 42.9 Å². The standard InChI is InChI=1S/C16H22N2OS2/c19-15-16(7-1-2-8-16)17-14(13-6-4-10-21-13)18(15)11-12-5-3-9-20-12/h4,6,10,12,14,17H,1-3,5,7-9,11H2. The minimum absolute atomic E-state index is 0.108. The summed E-state index contributed by atoms with van der Waals surface area (Å²) in [5.41, 5.74) is -0.252. The maximum atomic E-state index is 13.1. The molecule has 1 aromatic rings. The zero-order chi connectivity index (χ0) is 14.3. The molecule has 2 atom stereocenters. The molecule has 3 aliphatic rings. The summed E-state index contributed by atoms with van der Waals surface area (Å²) >= 11 is 3.81. The molecule has 2 aliphatic heterocycles. The molecule has 1 N–H and O–H groups in total. The molecule has 0 radical (unpaired) electrons. The van der Waals surface area contributed by atoms with E-state index in [0.717, 1.165) is 19.4 Å². The van der Waals surface area contributed by atoms with Crippen molar-refractivity contribution in [1.82, 2.24) is 10.2 Å². The van der Waals surface area contributed by atoms with Gasteiger partial charge in [0.2, 0.25) is 5.91 Å². The second-order valence-electron chi connectivity index (χ2n) is 6.44. The molecule has 1 spiro atoms. The van der Waals surface area contributed by atoms with Crippen LogP contribution in [-0.4, -0.2) is 33.9 Å². The molecule has 1 aliphatic carbocycles. The van der Waals surface area contributed by atoms with Crippen molar-refractivity contribution in [3.8, 4) is 0 Å². The maximum absolute atomic E-state index is 13.1. The molecule has 5 heteroatoms. The van der Waals surface area contributed by atoms with Crippen molar-refractivity contribution in [3.05, 3.63) is 22.4 Å². The van der Waals surface area contributed by atoms with E-state index in [9.17, 15) is 4.79 Å². The Kier molecular flexibility index (Phi) is 3.76. The highest BCUT2D eigenvalue weighted by Gasteiger charge is 2.53. The van der Waals surface area contributed by atoms with Crippen LogP contribution in [0.5, 0.6) is 0 Å². The molecule has 1 saturated carbocycles. The highest BCUT2D eigenvalue weighted by molar-refractivity contribution is 8.00. The third-order valence-corrected chi connectivity index (χ3v) is 7.39. The summed E-state index contributed by atoms with van der Waals surface area (Å²) in [6.07, 6.45) is 7.07. The topological polar surface area (TPSA) is 32.3 Å². The van der Waals surface area contributed by atoms with Gasteiger partial charge >= 0.3 is 0 Å². The van der Waals surface area contributed by atoms with Crippen molar-refractivity contribution in [2.24, 2.45) is 0 Å². The summed E-state index contributed by atoms with van der Waals surface area (Å²) in [5.74, 6) is 1.63. The number of thiophene rings is 1. The van der Waals surface area contributed by atoms with Crippen LogP contribution in [0.4, 0.5) is 0 Å². The fraction of sp³-hybridized carbons (Fsp3) is 0.688. The van der Waals surface area contributed by atoms with E-state index in [0.29, 0.717) is 11.2 Å². The van der Waals surface area contributed by atoms with Crippen molar-refractivity contribution in [2.45, 2.75) is 55.5 Å². The summed E-state index contributed by atoms with van der Waals surface area (Å²) in [7, 11) is 0. The van der Waals surface area contributed by atoms with Crippen LogP contribution in [0.3, 0.4) is 0 Å². The van der Waals surface area contributed by atoms with Gasteiger partial charge in [-0.15, -0.1) is 11.3 Å². The molecule has 3 heterocycles. The first-order valence-corrected chi connectivity index (χ1v) is 9.95. The first-order chi connectivity index (χ1) is 10.3. The van der Waals surface area contributed by atoms with Gasteiger partial charge in [0.25, 0.3) is 0 Å². The van der Waals surface area contributed by atoms with Gasteiger partial charge in [0.1, 0.15) is 6.17 Å². The quantitative estimate of drug-likeness (QED) is 0.926. The lowest BCUT2D eigenvalue weighted by Gasteiger charge is -2.26. The van der Waals surface area contributed by atoms with Gasteiger partial charge in [-0.1, -0.05) is 18.9 Å². The normalized spacial score (nSPS) is 31.6. The number of nitrogens with one attached hydrogen (secondary N) is 1. The summed E-state index contributed by atoms with van der Waals surface area (Å²) < 4.78 is 0. The Labute approximate surface area is 134 Å². The third-order valence-electron chi connectivity index (χ3n) is 5.09. The third kappa shape index (κ3) is 2.43. The molecular weight excluding hydrogens is 300 g/mol. The Hall–Kier alpha value is -0.520. The molecule has 114 valence electrons. The minimum atomic E-state index is -0.252. The number of carbonyl (C=O) groups is 1. The fourth-order valence-electron chi connectivity index (χ4n) is 4.00. The number of thioether (sulfide) groups is 1. The molecule has 21 heavy (non-hydrogen) atoms. The van der Waals surface area contributed by atoms with Gasteiger partial charge < -0.3 is 4.90 Å². The number of amides is 1. The van der Waals surface area contributed by atoms with E-state index in [2.05, 4.69) is 27.7 Å². The van der Waals surface area contributed by atoms with Crippen molar-refractivity contribution >= 4 is 29.0 Å². The Morgan fingerprint density at radius 2 is 2.19 bits per heavy atom. The molecule has 1 aromatic heterocycles. The fourth-order valence-corrected chi connectivity index (χ4v) is 6.05. The second-order valence-corrected chi connectivity index (χ2v) is 8.83. The van der Waals surface area contributed by atoms with E-state index < -0.39 is 0 Å². The van der Waals surface area contributed by atoms with Crippen LogP contribution < -0.4 is 5.32 Å². The average Bonchev–Trinajstić information content (AvgIpc) is 3.26. The highest BCUT2D eigenvalue weighted by atomic mass is 32.2. The van der Waals surface area contributed by atoms with Crippen LogP contribution in [0.25, 0.3) is 0 Å². The van der Waals surface area contributed by atoms with Gasteiger partial charge in [-0.3, -0.25) is 10.1 Å². The zero-order valence-corrected chi connectivity index (χ0v) is 13.8. The van der Waals surface area contributed by atoms with Crippen molar-refractivity contribution < 1.29 is 4.79 Å². The number of rotatable bonds is 3. The van der Waals surface area contributed by atoms with E-state index in [1.165, 1.54) is 36.3 Å².